The van der Waals surface area contributed by atoms with Gasteiger partial charge in [-0.25, -0.2) is 4.79 Å². The van der Waals surface area contributed by atoms with E-state index in [0.29, 0.717) is 0 Å². The van der Waals surface area contributed by atoms with Crippen molar-refractivity contribution in [1.82, 2.24) is 10.6 Å². The van der Waals surface area contributed by atoms with Crippen LogP contribution in [-0.2, 0) is 9.53 Å². The predicted octanol–water partition coefficient (Wildman–Crippen LogP) is -1.02. The summed E-state index contributed by atoms with van der Waals surface area (Å²) in [5, 5.41) is 22.0. The third-order valence-electron chi connectivity index (χ3n) is 1.60. The highest BCUT2D eigenvalue weighted by Gasteiger charge is 2.23. The third-order valence-corrected chi connectivity index (χ3v) is 1.60. The van der Waals surface area contributed by atoms with Gasteiger partial charge in [0.05, 0.1) is 13.2 Å². The molecule has 4 N–H and O–H groups in total. The van der Waals surface area contributed by atoms with Gasteiger partial charge >= 0.3 is 6.09 Å². The fourth-order valence-corrected chi connectivity index (χ4v) is 0.946. The van der Waals surface area contributed by atoms with Crippen molar-refractivity contribution in [2.75, 3.05) is 19.8 Å². The maximum Gasteiger partial charge on any atom is 0.408 e. The maximum atomic E-state index is 11.4. The number of nitrogens with one attached hydrogen (secondary N) is 2. The van der Waals surface area contributed by atoms with Crippen molar-refractivity contribution in [3.05, 3.63) is 0 Å². The Morgan fingerprint density at radius 1 is 1.29 bits per heavy atom. The molecule has 17 heavy (non-hydrogen) atoms. The van der Waals surface area contributed by atoms with Gasteiger partial charge in [0, 0.05) is 6.54 Å². The molecule has 0 radical (unpaired) electrons. The summed E-state index contributed by atoms with van der Waals surface area (Å²) >= 11 is 0. The van der Waals surface area contributed by atoms with Gasteiger partial charge in [0.25, 0.3) is 0 Å². The zero-order valence-electron chi connectivity index (χ0n) is 10.3. The van der Waals surface area contributed by atoms with Gasteiger partial charge in [-0.3, -0.25) is 4.79 Å². The first-order chi connectivity index (χ1) is 7.80. The summed E-state index contributed by atoms with van der Waals surface area (Å²) in [6, 6.07) is -1.09. The molecule has 7 nitrogen and oxygen atoms in total. The van der Waals surface area contributed by atoms with Crippen LogP contribution in [0.25, 0.3) is 0 Å². The smallest absolute Gasteiger partial charge is 0.408 e. The molecule has 0 aromatic rings. The van der Waals surface area contributed by atoms with Crippen LogP contribution in [0.3, 0.4) is 0 Å². The first-order valence-corrected chi connectivity index (χ1v) is 5.29. The van der Waals surface area contributed by atoms with Crippen LogP contribution >= 0.6 is 0 Å². The number of amides is 2. The Bertz CT molecular complexity index is 262. The van der Waals surface area contributed by atoms with Crippen molar-refractivity contribution < 1.29 is 24.5 Å². The minimum atomic E-state index is -1.09. The van der Waals surface area contributed by atoms with E-state index < -0.39 is 30.3 Å². The molecular formula is C10H20N2O5. The normalized spacial score (nSPS) is 12.8. The summed E-state index contributed by atoms with van der Waals surface area (Å²) in [6.45, 7) is 4.36. The predicted molar refractivity (Wildman–Crippen MR) is 60.3 cm³/mol. The molecular weight excluding hydrogens is 228 g/mol. The van der Waals surface area contributed by atoms with Gasteiger partial charge in [0.2, 0.25) is 5.91 Å². The van der Waals surface area contributed by atoms with Crippen LogP contribution in [0.5, 0.6) is 0 Å². The Hall–Kier alpha value is -1.34. The number of rotatable bonds is 5. The molecule has 2 amide bonds. The molecule has 0 aromatic carbocycles. The van der Waals surface area contributed by atoms with E-state index >= 15 is 0 Å². The molecule has 0 aromatic heterocycles. The summed E-state index contributed by atoms with van der Waals surface area (Å²) in [4.78, 5) is 22.7. The molecule has 0 heterocycles. The van der Waals surface area contributed by atoms with Crippen LogP contribution in [-0.4, -0.2) is 53.6 Å². The van der Waals surface area contributed by atoms with E-state index in [1.807, 2.05) is 0 Å². The summed E-state index contributed by atoms with van der Waals surface area (Å²) in [5.74, 6) is -0.576. The zero-order chi connectivity index (χ0) is 13.5. The molecule has 0 aliphatic rings. The number of aliphatic hydroxyl groups is 2. The lowest BCUT2D eigenvalue weighted by atomic mass is 10.2. The van der Waals surface area contributed by atoms with Crippen molar-refractivity contribution in [2.24, 2.45) is 0 Å². The molecule has 7 heteroatoms. The van der Waals surface area contributed by atoms with Crippen molar-refractivity contribution >= 4 is 12.0 Å². The highest BCUT2D eigenvalue weighted by molar-refractivity contribution is 5.85. The van der Waals surface area contributed by atoms with Crippen molar-refractivity contribution in [3.63, 3.8) is 0 Å². The largest absolute Gasteiger partial charge is 0.444 e. The van der Waals surface area contributed by atoms with E-state index in [2.05, 4.69) is 10.6 Å². The molecule has 100 valence electrons. The van der Waals surface area contributed by atoms with E-state index in [1.54, 1.807) is 20.8 Å². The second kappa shape index (κ2) is 7.08. The van der Waals surface area contributed by atoms with Gasteiger partial charge in [0.15, 0.2) is 0 Å². The molecule has 1 unspecified atom stereocenters. The number of carbonyl (C=O) groups excluding carboxylic acids is 2. The van der Waals surface area contributed by atoms with Gasteiger partial charge in [0.1, 0.15) is 11.6 Å². The number of hydrogen-bond acceptors (Lipinski definition) is 5. The number of ether oxygens (including phenoxy) is 1. The molecule has 0 saturated carbocycles. The first kappa shape index (κ1) is 15.7. The third kappa shape index (κ3) is 7.53. The molecule has 0 fully saturated rings. The lowest BCUT2D eigenvalue weighted by Crippen LogP contribution is -2.50. The lowest BCUT2D eigenvalue weighted by Gasteiger charge is -2.22. The van der Waals surface area contributed by atoms with Gasteiger partial charge < -0.3 is 25.6 Å². The first-order valence-electron chi connectivity index (χ1n) is 5.29. The molecule has 0 bridgehead atoms. The second-order valence-corrected chi connectivity index (χ2v) is 4.40. The quantitative estimate of drug-likeness (QED) is 0.498. The monoisotopic (exact) mass is 248 g/mol. The minimum absolute atomic E-state index is 0.0608. The van der Waals surface area contributed by atoms with Crippen LogP contribution in [0, 0.1) is 0 Å². The Balaban J connectivity index is 4.21. The van der Waals surface area contributed by atoms with Crippen LogP contribution in [0.2, 0.25) is 0 Å². The van der Waals surface area contributed by atoms with Gasteiger partial charge in [-0.05, 0) is 20.8 Å². The summed E-state index contributed by atoms with van der Waals surface area (Å²) in [7, 11) is 0. The van der Waals surface area contributed by atoms with Crippen LogP contribution < -0.4 is 10.6 Å². The maximum absolute atomic E-state index is 11.4. The van der Waals surface area contributed by atoms with E-state index in [1.165, 1.54) is 0 Å². The number of aliphatic hydroxyl groups excluding tert-OH is 2. The second-order valence-electron chi connectivity index (χ2n) is 4.40. The Kier molecular flexibility index (Phi) is 6.52. The van der Waals surface area contributed by atoms with Crippen molar-refractivity contribution in [1.29, 1.82) is 0 Å². The highest BCUT2D eigenvalue weighted by atomic mass is 16.6. The number of alkyl carbamates (subject to hydrolysis) is 1. The fourth-order valence-electron chi connectivity index (χ4n) is 0.946. The van der Waals surface area contributed by atoms with Crippen LogP contribution in [0.4, 0.5) is 4.79 Å². The average Bonchev–Trinajstić information content (AvgIpc) is 2.19. The SMILES string of the molecule is CC(C)(C)OC(=O)NC(CO)C(=O)NCCO. The van der Waals surface area contributed by atoms with Gasteiger partial charge in [-0.15, -0.1) is 0 Å². The topological polar surface area (TPSA) is 108 Å². The summed E-state index contributed by atoms with van der Waals surface area (Å²) < 4.78 is 4.93. The van der Waals surface area contributed by atoms with E-state index in [9.17, 15) is 9.59 Å². The standard InChI is InChI=1S/C10H20N2O5/c1-10(2,3)17-9(16)12-7(6-14)8(15)11-4-5-13/h7,13-14H,4-6H2,1-3H3,(H,11,15)(H,12,16). The van der Waals surface area contributed by atoms with E-state index in [0.717, 1.165) is 0 Å². The molecule has 0 saturated heterocycles. The highest BCUT2D eigenvalue weighted by Crippen LogP contribution is 2.06. The molecule has 0 rings (SSSR count). The van der Waals surface area contributed by atoms with Gasteiger partial charge in [-0.1, -0.05) is 0 Å². The summed E-state index contributed by atoms with van der Waals surface area (Å²) in [6.07, 6.45) is -0.782. The lowest BCUT2D eigenvalue weighted by molar-refractivity contribution is -0.124. The number of hydrogen-bond donors (Lipinski definition) is 4. The van der Waals surface area contributed by atoms with Crippen molar-refractivity contribution in [2.45, 2.75) is 32.4 Å². The van der Waals surface area contributed by atoms with E-state index in [4.69, 9.17) is 14.9 Å². The average molecular weight is 248 g/mol. The van der Waals surface area contributed by atoms with E-state index in [-0.39, 0.29) is 13.2 Å². The Labute approximate surface area is 100 Å². The van der Waals surface area contributed by atoms with Crippen LogP contribution in [0.1, 0.15) is 20.8 Å². The van der Waals surface area contributed by atoms with Gasteiger partial charge in [-0.2, -0.15) is 0 Å². The van der Waals surface area contributed by atoms with Crippen molar-refractivity contribution in [3.8, 4) is 0 Å². The fraction of sp³-hybridized carbons (Fsp3) is 0.800. The van der Waals surface area contributed by atoms with Crippen LogP contribution in [0.15, 0.2) is 0 Å². The molecule has 1 atom stereocenters. The molecule has 0 spiro atoms. The minimum Gasteiger partial charge on any atom is -0.444 e. The Morgan fingerprint density at radius 2 is 1.88 bits per heavy atom. The number of carbonyl (C=O) groups is 2. The zero-order valence-corrected chi connectivity index (χ0v) is 10.3. The molecule has 0 aliphatic carbocycles. The Morgan fingerprint density at radius 3 is 2.29 bits per heavy atom. The summed E-state index contributed by atoms with van der Waals surface area (Å²) in [5.41, 5.74) is -0.675. The molecule has 0 aliphatic heterocycles.